The van der Waals surface area contributed by atoms with Gasteiger partial charge in [-0.2, -0.15) is 5.10 Å². The number of aryl methyl sites for hydroxylation is 2. The number of hydrogen-bond acceptors (Lipinski definition) is 4. The number of imidazole rings is 1. The molecule has 0 fully saturated rings. The second-order valence-electron chi connectivity index (χ2n) is 5.58. The molecule has 0 aliphatic heterocycles. The highest BCUT2D eigenvalue weighted by Gasteiger charge is 2.26. The zero-order valence-corrected chi connectivity index (χ0v) is 13.7. The molecule has 0 radical (unpaired) electrons. The SMILES string of the molecule is COC(=O)[C@H](NC(=O)c1cnn2ccn(C)c12)c1cccc(C)c1. The second-order valence-corrected chi connectivity index (χ2v) is 5.58. The maximum atomic E-state index is 12.7. The van der Waals surface area contributed by atoms with Gasteiger partial charge in [-0.05, 0) is 12.5 Å². The van der Waals surface area contributed by atoms with Gasteiger partial charge in [0.1, 0.15) is 11.2 Å². The standard InChI is InChI=1S/C17H18N4O3/c1-11-5-4-6-12(9-11)14(17(23)24-3)19-15(22)13-10-18-21-8-7-20(2)16(13)21/h4-10,14H,1-3H3,(H,19,22)/t14-/m1/s1. The molecule has 0 saturated carbocycles. The van der Waals surface area contributed by atoms with E-state index in [0.29, 0.717) is 16.8 Å². The number of benzene rings is 1. The van der Waals surface area contributed by atoms with Crippen LogP contribution in [0.15, 0.2) is 42.9 Å². The predicted molar refractivity (Wildman–Crippen MR) is 87.6 cm³/mol. The third-order valence-corrected chi connectivity index (χ3v) is 3.87. The van der Waals surface area contributed by atoms with Crippen molar-refractivity contribution in [1.82, 2.24) is 19.5 Å². The van der Waals surface area contributed by atoms with Gasteiger partial charge in [0.15, 0.2) is 6.04 Å². The van der Waals surface area contributed by atoms with Crippen LogP contribution in [0.5, 0.6) is 0 Å². The van der Waals surface area contributed by atoms with E-state index in [1.165, 1.54) is 13.3 Å². The van der Waals surface area contributed by atoms with Gasteiger partial charge in [-0.25, -0.2) is 9.31 Å². The molecule has 0 spiro atoms. The fourth-order valence-electron chi connectivity index (χ4n) is 2.67. The summed E-state index contributed by atoms with van der Waals surface area (Å²) in [6, 6.07) is 6.51. The van der Waals surface area contributed by atoms with Crippen molar-refractivity contribution in [2.75, 3.05) is 7.11 Å². The minimum Gasteiger partial charge on any atom is -0.467 e. The molecule has 2 aromatic heterocycles. The molecule has 0 saturated heterocycles. The zero-order valence-electron chi connectivity index (χ0n) is 13.7. The Kier molecular flexibility index (Phi) is 4.07. The average Bonchev–Trinajstić information content (AvgIpc) is 3.15. The van der Waals surface area contributed by atoms with E-state index in [9.17, 15) is 9.59 Å². The summed E-state index contributed by atoms with van der Waals surface area (Å²) in [6.45, 7) is 1.92. The molecular weight excluding hydrogens is 308 g/mol. The van der Waals surface area contributed by atoms with Crippen molar-refractivity contribution in [3.8, 4) is 0 Å². The van der Waals surface area contributed by atoms with Gasteiger partial charge in [-0.3, -0.25) is 4.79 Å². The molecule has 7 nitrogen and oxygen atoms in total. The van der Waals surface area contributed by atoms with Gasteiger partial charge in [0.25, 0.3) is 5.91 Å². The Morgan fingerprint density at radius 1 is 1.29 bits per heavy atom. The van der Waals surface area contributed by atoms with E-state index >= 15 is 0 Å². The van der Waals surface area contributed by atoms with Gasteiger partial charge in [0.2, 0.25) is 0 Å². The second kappa shape index (κ2) is 6.19. The fraction of sp³-hybridized carbons (Fsp3) is 0.235. The lowest BCUT2D eigenvalue weighted by Crippen LogP contribution is -2.34. The lowest BCUT2D eigenvalue weighted by atomic mass is 10.0. The molecule has 1 aromatic carbocycles. The number of hydrogen-bond donors (Lipinski definition) is 1. The highest BCUT2D eigenvalue weighted by atomic mass is 16.5. The number of carbonyl (C=O) groups excluding carboxylic acids is 2. The van der Waals surface area contributed by atoms with E-state index < -0.39 is 12.0 Å². The molecule has 7 heteroatoms. The number of nitrogens with zero attached hydrogens (tertiary/aromatic N) is 3. The maximum absolute atomic E-state index is 12.7. The first-order chi connectivity index (χ1) is 11.5. The molecule has 1 atom stereocenters. The van der Waals surface area contributed by atoms with Crippen LogP contribution < -0.4 is 5.32 Å². The maximum Gasteiger partial charge on any atom is 0.333 e. The molecule has 0 aliphatic rings. The summed E-state index contributed by atoms with van der Waals surface area (Å²) < 4.78 is 8.24. The number of fused-ring (bicyclic) bond motifs is 1. The monoisotopic (exact) mass is 326 g/mol. The first-order valence-corrected chi connectivity index (χ1v) is 7.45. The highest BCUT2D eigenvalue weighted by molar-refractivity contribution is 6.01. The Labute approximate surface area is 138 Å². The van der Waals surface area contributed by atoms with Gasteiger partial charge in [0, 0.05) is 19.4 Å². The van der Waals surface area contributed by atoms with Crippen LogP contribution in [-0.4, -0.2) is 33.2 Å². The normalized spacial score (nSPS) is 12.1. The summed E-state index contributed by atoms with van der Waals surface area (Å²) in [5.74, 6) is -0.909. The fourth-order valence-corrected chi connectivity index (χ4v) is 2.67. The van der Waals surface area contributed by atoms with E-state index in [0.717, 1.165) is 5.56 Å². The lowest BCUT2D eigenvalue weighted by Gasteiger charge is -2.17. The van der Waals surface area contributed by atoms with Crippen LogP contribution in [0.2, 0.25) is 0 Å². The number of methoxy groups -OCH3 is 1. The van der Waals surface area contributed by atoms with E-state index in [2.05, 4.69) is 10.4 Å². The Hall–Kier alpha value is -3.09. The summed E-state index contributed by atoms with van der Waals surface area (Å²) in [4.78, 5) is 24.8. The van der Waals surface area contributed by atoms with Crippen LogP contribution in [0.1, 0.15) is 27.5 Å². The van der Waals surface area contributed by atoms with Gasteiger partial charge < -0.3 is 14.6 Å². The molecule has 24 heavy (non-hydrogen) atoms. The van der Waals surface area contributed by atoms with Crippen molar-refractivity contribution in [2.24, 2.45) is 7.05 Å². The number of carbonyl (C=O) groups is 2. The number of nitrogens with one attached hydrogen (secondary N) is 1. The number of esters is 1. The summed E-state index contributed by atoms with van der Waals surface area (Å²) in [6.07, 6.45) is 5.04. The van der Waals surface area contributed by atoms with Gasteiger partial charge in [0.05, 0.1) is 13.3 Å². The molecule has 2 heterocycles. The van der Waals surface area contributed by atoms with Crippen molar-refractivity contribution in [2.45, 2.75) is 13.0 Å². The van der Waals surface area contributed by atoms with E-state index in [-0.39, 0.29) is 5.91 Å². The zero-order chi connectivity index (χ0) is 17.3. The van der Waals surface area contributed by atoms with E-state index in [1.54, 1.807) is 27.5 Å². The quantitative estimate of drug-likeness (QED) is 0.739. The van der Waals surface area contributed by atoms with Crippen molar-refractivity contribution >= 4 is 17.5 Å². The molecule has 0 unspecified atom stereocenters. The van der Waals surface area contributed by atoms with Crippen molar-refractivity contribution < 1.29 is 14.3 Å². The Morgan fingerprint density at radius 3 is 2.79 bits per heavy atom. The van der Waals surface area contributed by atoms with Gasteiger partial charge in [-0.1, -0.05) is 29.8 Å². The molecular formula is C17H18N4O3. The summed E-state index contributed by atoms with van der Waals surface area (Å²) in [5.41, 5.74) is 2.71. The van der Waals surface area contributed by atoms with Crippen LogP contribution in [0.25, 0.3) is 5.65 Å². The van der Waals surface area contributed by atoms with Crippen molar-refractivity contribution in [1.29, 1.82) is 0 Å². The van der Waals surface area contributed by atoms with Crippen LogP contribution in [-0.2, 0) is 16.6 Å². The number of aromatic nitrogens is 3. The lowest BCUT2D eigenvalue weighted by molar-refractivity contribution is -0.143. The number of rotatable bonds is 4. The summed E-state index contributed by atoms with van der Waals surface area (Å²) >= 11 is 0. The third-order valence-electron chi connectivity index (χ3n) is 3.87. The Balaban J connectivity index is 1.94. The van der Waals surface area contributed by atoms with E-state index in [4.69, 9.17) is 4.74 Å². The summed E-state index contributed by atoms with van der Waals surface area (Å²) in [7, 11) is 3.12. The molecule has 1 amide bonds. The minimum absolute atomic E-state index is 0.385. The molecule has 3 rings (SSSR count). The Morgan fingerprint density at radius 2 is 2.08 bits per heavy atom. The largest absolute Gasteiger partial charge is 0.467 e. The highest BCUT2D eigenvalue weighted by Crippen LogP contribution is 2.18. The van der Waals surface area contributed by atoms with E-state index in [1.807, 2.05) is 32.2 Å². The van der Waals surface area contributed by atoms with Crippen LogP contribution in [0.3, 0.4) is 0 Å². The minimum atomic E-state index is -0.877. The predicted octanol–water partition coefficient (Wildman–Crippen LogP) is 1.63. The van der Waals surface area contributed by atoms with Crippen LogP contribution >= 0.6 is 0 Å². The number of ether oxygens (including phenoxy) is 1. The average molecular weight is 326 g/mol. The number of amides is 1. The molecule has 0 aliphatic carbocycles. The molecule has 1 N–H and O–H groups in total. The smallest absolute Gasteiger partial charge is 0.333 e. The Bertz CT molecular complexity index is 910. The van der Waals surface area contributed by atoms with Crippen LogP contribution in [0.4, 0.5) is 0 Å². The molecule has 3 aromatic rings. The van der Waals surface area contributed by atoms with Gasteiger partial charge in [-0.15, -0.1) is 0 Å². The van der Waals surface area contributed by atoms with Crippen molar-refractivity contribution in [3.05, 3.63) is 59.5 Å². The van der Waals surface area contributed by atoms with Crippen molar-refractivity contribution in [3.63, 3.8) is 0 Å². The summed E-state index contributed by atoms with van der Waals surface area (Å²) in [5, 5.41) is 6.88. The molecule has 0 bridgehead atoms. The first-order valence-electron chi connectivity index (χ1n) is 7.45. The topological polar surface area (TPSA) is 77.6 Å². The third kappa shape index (κ3) is 2.76. The molecule has 124 valence electrons. The first kappa shape index (κ1) is 15.8. The van der Waals surface area contributed by atoms with Gasteiger partial charge >= 0.3 is 5.97 Å². The van der Waals surface area contributed by atoms with Crippen LogP contribution in [0, 0.1) is 6.92 Å².